The molecule has 0 aromatic heterocycles. The van der Waals surface area contributed by atoms with Crippen molar-refractivity contribution in [2.24, 2.45) is 5.41 Å². The summed E-state index contributed by atoms with van der Waals surface area (Å²) in [6, 6.07) is 0. The van der Waals surface area contributed by atoms with Crippen LogP contribution in [0.5, 0.6) is 0 Å². The van der Waals surface area contributed by atoms with Crippen molar-refractivity contribution < 1.29 is 13.7 Å². The zero-order chi connectivity index (χ0) is 13.6. The lowest BCUT2D eigenvalue weighted by molar-refractivity contribution is -0.136. The van der Waals surface area contributed by atoms with Crippen molar-refractivity contribution in [1.82, 2.24) is 10.6 Å². The Labute approximate surface area is 111 Å². The van der Waals surface area contributed by atoms with Crippen molar-refractivity contribution in [1.29, 1.82) is 0 Å². The molecule has 1 amide bonds. The van der Waals surface area contributed by atoms with Gasteiger partial charge in [0, 0.05) is 36.0 Å². The first-order valence-electron chi connectivity index (χ1n) is 6.32. The van der Waals surface area contributed by atoms with E-state index in [1.807, 2.05) is 6.92 Å². The van der Waals surface area contributed by atoms with Crippen molar-refractivity contribution >= 4 is 16.7 Å². The van der Waals surface area contributed by atoms with Gasteiger partial charge in [-0.25, -0.2) is 0 Å². The molecule has 0 saturated carbocycles. The van der Waals surface area contributed by atoms with Gasteiger partial charge in [0.1, 0.15) is 0 Å². The Hall–Kier alpha value is -0.460. The SMILES string of the molecule is COCC1(C(=O)NCC(C)S(C)=O)CCNCC1. The van der Waals surface area contributed by atoms with E-state index in [9.17, 15) is 9.00 Å². The number of hydrogen-bond acceptors (Lipinski definition) is 4. The van der Waals surface area contributed by atoms with E-state index in [1.165, 1.54) is 0 Å². The molecule has 2 unspecified atom stereocenters. The first-order chi connectivity index (χ1) is 8.52. The largest absolute Gasteiger partial charge is 0.384 e. The van der Waals surface area contributed by atoms with Crippen LogP contribution in [0.25, 0.3) is 0 Å². The average molecular weight is 276 g/mol. The molecule has 0 bridgehead atoms. The number of ether oxygens (including phenoxy) is 1. The minimum atomic E-state index is -0.907. The Morgan fingerprint density at radius 2 is 2.11 bits per heavy atom. The fourth-order valence-electron chi connectivity index (χ4n) is 2.16. The van der Waals surface area contributed by atoms with Gasteiger partial charge in [-0.15, -0.1) is 0 Å². The predicted molar refractivity (Wildman–Crippen MR) is 73.0 cm³/mol. The molecule has 0 aromatic carbocycles. The molecule has 1 aliphatic rings. The van der Waals surface area contributed by atoms with E-state index in [4.69, 9.17) is 4.74 Å². The molecule has 1 saturated heterocycles. The Kier molecular flexibility index (Phi) is 6.25. The van der Waals surface area contributed by atoms with Crippen molar-refractivity contribution in [3.05, 3.63) is 0 Å². The third-order valence-corrected chi connectivity index (χ3v) is 4.88. The van der Waals surface area contributed by atoms with Crippen LogP contribution in [0.15, 0.2) is 0 Å². The molecule has 1 rings (SSSR count). The molecule has 2 N–H and O–H groups in total. The van der Waals surface area contributed by atoms with Gasteiger partial charge < -0.3 is 15.4 Å². The first kappa shape index (κ1) is 15.6. The van der Waals surface area contributed by atoms with E-state index in [0.29, 0.717) is 13.2 Å². The van der Waals surface area contributed by atoms with Gasteiger partial charge >= 0.3 is 0 Å². The van der Waals surface area contributed by atoms with Crippen LogP contribution in [-0.4, -0.2) is 55.0 Å². The van der Waals surface area contributed by atoms with Gasteiger partial charge in [0.15, 0.2) is 0 Å². The normalized spacial score (nSPS) is 22.2. The number of rotatable bonds is 6. The molecule has 1 heterocycles. The minimum absolute atomic E-state index is 0.0183. The molecule has 0 aliphatic carbocycles. The van der Waals surface area contributed by atoms with Crippen LogP contribution in [0.4, 0.5) is 0 Å². The zero-order valence-corrected chi connectivity index (χ0v) is 12.3. The first-order valence-corrected chi connectivity index (χ1v) is 7.94. The summed E-state index contributed by atoms with van der Waals surface area (Å²) in [6.45, 7) is 4.46. The van der Waals surface area contributed by atoms with Crippen LogP contribution >= 0.6 is 0 Å². The molecule has 0 radical (unpaired) electrons. The third-order valence-electron chi connectivity index (χ3n) is 3.58. The number of carbonyl (C=O) groups excluding carboxylic acids is 1. The van der Waals surface area contributed by atoms with Gasteiger partial charge in [0.25, 0.3) is 0 Å². The highest BCUT2D eigenvalue weighted by molar-refractivity contribution is 7.84. The summed E-state index contributed by atoms with van der Waals surface area (Å²) in [5, 5.41) is 6.15. The van der Waals surface area contributed by atoms with Gasteiger partial charge in [0.05, 0.1) is 12.0 Å². The standard InChI is InChI=1S/C12H24N2O3S/c1-10(18(3)16)8-14-11(15)12(9-17-2)4-6-13-7-5-12/h10,13H,4-9H2,1-3H3,(H,14,15). The molecule has 1 fully saturated rings. The number of piperidine rings is 1. The second-order valence-electron chi connectivity index (χ2n) is 4.98. The summed E-state index contributed by atoms with van der Waals surface area (Å²) in [7, 11) is 0.718. The summed E-state index contributed by atoms with van der Waals surface area (Å²) >= 11 is 0. The van der Waals surface area contributed by atoms with Crippen LogP contribution < -0.4 is 10.6 Å². The second-order valence-corrected chi connectivity index (χ2v) is 6.78. The van der Waals surface area contributed by atoms with Gasteiger partial charge in [-0.05, 0) is 32.9 Å². The molecular weight excluding hydrogens is 252 g/mol. The molecule has 6 heteroatoms. The number of hydrogen-bond donors (Lipinski definition) is 2. The maximum Gasteiger partial charge on any atom is 0.228 e. The molecule has 18 heavy (non-hydrogen) atoms. The Morgan fingerprint density at radius 3 is 2.61 bits per heavy atom. The molecule has 0 aromatic rings. The van der Waals surface area contributed by atoms with E-state index in [0.717, 1.165) is 25.9 Å². The van der Waals surface area contributed by atoms with E-state index >= 15 is 0 Å². The Balaban J connectivity index is 2.57. The summed E-state index contributed by atoms with van der Waals surface area (Å²) in [5.74, 6) is 0.0307. The van der Waals surface area contributed by atoms with Crippen molar-refractivity contribution in [3.63, 3.8) is 0 Å². The lowest BCUT2D eigenvalue weighted by Crippen LogP contribution is -2.51. The highest BCUT2D eigenvalue weighted by atomic mass is 32.2. The molecule has 2 atom stereocenters. The van der Waals surface area contributed by atoms with Crippen LogP contribution in [0.2, 0.25) is 0 Å². The molecule has 5 nitrogen and oxygen atoms in total. The molecular formula is C12H24N2O3S. The van der Waals surface area contributed by atoms with Gasteiger partial charge in [-0.1, -0.05) is 0 Å². The van der Waals surface area contributed by atoms with Gasteiger partial charge in [0.2, 0.25) is 5.91 Å². The fourth-order valence-corrected chi connectivity index (χ4v) is 2.48. The summed E-state index contributed by atoms with van der Waals surface area (Å²) in [5.41, 5.74) is -0.422. The smallest absolute Gasteiger partial charge is 0.228 e. The van der Waals surface area contributed by atoms with Crippen LogP contribution in [-0.2, 0) is 20.3 Å². The third kappa shape index (κ3) is 4.03. The number of amides is 1. The Morgan fingerprint density at radius 1 is 1.50 bits per heavy atom. The van der Waals surface area contributed by atoms with Gasteiger partial charge in [-0.3, -0.25) is 9.00 Å². The summed E-state index contributed by atoms with van der Waals surface area (Å²) in [4.78, 5) is 12.3. The molecule has 1 aliphatic heterocycles. The van der Waals surface area contributed by atoms with Crippen molar-refractivity contribution in [3.8, 4) is 0 Å². The fraction of sp³-hybridized carbons (Fsp3) is 0.917. The van der Waals surface area contributed by atoms with Crippen LogP contribution in [0.3, 0.4) is 0 Å². The van der Waals surface area contributed by atoms with E-state index < -0.39 is 16.2 Å². The minimum Gasteiger partial charge on any atom is -0.384 e. The highest BCUT2D eigenvalue weighted by Gasteiger charge is 2.39. The van der Waals surface area contributed by atoms with Crippen LogP contribution in [0, 0.1) is 5.41 Å². The number of methoxy groups -OCH3 is 1. The lowest BCUT2D eigenvalue weighted by Gasteiger charge is -2.35. The summed E-state index contributed by atoms with van der Waals surface area (Å²) in [6.07, 6.45) is 3.23. The van der Waals surface area contributed by atoms with E-state index in [-0.39, 0.29) is 11.2 Å². The lowest BCUT2D eigenvalue weighted by atomic mass is 9.78. The molecule has 0 spiro atoms. The maximum absolute atomic E-state index is 12.3. The monoisotopic (exact) mass is 276 g/mol. The van der Waals surface area contributed by atoms with E-state index in [2.05, 4.69) is 10.6 Å². The Bertz CT molecular complexity index is 298. The van der Waals surface area contributed by atoms with Crippen LogP contribution in [0.1, 0.15) is 19.8 Å². The molecule has 106 valence electrons. The topological polar surface area (TPSA) is 67.4 Å². The summed E-state index contributed by atoms with van der Waals surface area (Å²) < 4.78 is 16.5. The predicted octanol–water partition coefficient (Wildman–Crippen LogP) is -0.114. The number of carbonyl (C=O) groups is 1. The number of nitrogens with one attached hydrogen (secondary N) is 2. The van der Waals surface area contributed by atoms with E-state index in [1.54, 1.807) is 13.4 Å². The average Bonchev–Trinajstić information content (AvgIpc) is 2.36. The van der Waals surface area contributed by atoms with Crippen molar-refractivity contribution in [2.75, 3.05) is 39.6 Å². The zero-order valence-electron chi connectivity index (χ0n) is 11.5. The maximum atomic E-state index is 12.3. The second kappa shape index (κ2) is 7.21. The van der Waals surface area contributed by atoms with Gasteiger partial charge in [-0.2, -0.15) is 0 Å². The van der Waals surface area contributed by atoms with Crippen molar-refractivity contribution in [2.45, 2.75) is 25.0 Å². The highest BCUT2D eigenvalue weighted by Crippen LogP contribution is 2.29. The quantitative estimate of drug-likeness (QED) is 0.710.